The van der Waals surface area contributed by atoms with Crippen molar-refractivity contribution in [2.45, 2.75) is 45.6 Å². The van der Waals surface area contributed by atoms with Crippen molar-refractivity contribution in [3.8, 4) is 5.75 Å². The van der Waals surface area contributed by atoms with Gasteiger partial charge in [0.2, 0.25) is 5.89 Å². The van der Waals surface area contributed by atoms with E-state index in [1.54, 1.807) is 4.90 Å². The molecule has 2 aromatic rings. The molecular weight excluding hydrogens is 332 g/mol. The minimum atomic E-state index is -0.134. The van der Waals surface area contributed by atoms with Gasteiger partial charge in [-0.2, -0.15) is 4.98 Å². The number of rotatable bonds is 7. The van der Waals surface area contributed by atoms with E-state index in [2.05, 4.69) is 15.5 Å². The van der Waals surface area contributed by atoms with Gasteiger partial charge in [0, 0.05) is 19.5 Å². The first-order valence-electron chi connectivity index (χ1n) is 9.23. The van der Waals surface area contributed by atoms with Crippen molar-refractivity contribution in [2.75, 3.05) is 19.7 Å². The number of likely N-dealkylation sites (tertiary alicyclic amines) is 1. The summed E-state index contributed by atoms with van der Waals surface area (Å²) in [4.78, 5) is 18.5. The predicted molar refractivity (Wildman–Crippen MR) is 97.0 cm³/mol. The summed E-state index contributed by atoms with van der Waals surface area (Å²) >= 11 is 0. The van der Waals surface area contributed by atoms with Gasteiger partial charge in [-0.1, -0.05) is 24.2 Å². The fourth-order valence-corrected chi connectivity index (χ4v) is 3.07. The predicted octanol–water partition coefficient (Wildman–Crippen LogP) is 3.26. The summed E-state index contributed by atoms with van der Waals surface area (Å²) in [5.41, 5.74) is 1.16. The first-order chi connectivity index (χ1) is 12.7. The van der Waals surface area contributed by atoms with Gasteiger partial charge in [0.25, 0.3) is 0 Å². The average Bonchev–Trinajstić information content (AvgIpc) is 3.28. The summed E-state index contributed by atoms with van der Waals surface area (Å²) in [7, 11) is 0. The molecule has 1 atom stereocenters. The Balaban J connectivity index is 1.54. The number of amides is 2. The van der Waals surface area contributed by atoms with Gasteiger partial charge in [-0.05, 0) is 43.9 Å². The maximum absolute atomic E-state index is 12.3. The number of benzene rings is 1. The molecule has 7 heteroatoms. The molecule has 1 fully saturated rings. The molecule has 26 heavy (non-hydrogen) atoms. The zero-order valence-corrected chi connectivity index (χ0v) is 15.4. The van der Waals surface area contributed by atoms with Crippen molar-refractivity contribution in [3.05, 3.63) is 41.5 Å². The van der Waals surface area contributed by atoms with Crippen LogP contribution in [0.25, 0.3) is 0 Å². The van der Waals surface area contributed by atoms with E-state index < -0.39 is 0 Å². The van der Waals surface area contributed by atoms with Gasteiger partial charge in [-0.15, -0.1) is 0 Å². The molecular formula is C19H26N4O3. The largest absolute Gasteiger partial charge is 0.493 e. The maximum atomic E-state index is 12.3. The molecule has 1 aromatic carbocycles. The molecule has 1 aliphatic rings. The highest BCUT2D eigenvalue weighted by molar-refractivity contribution is 5.74. The first kappa shape index (κ1) is 18.2. The second kappa shape index (κ2) is 8.69. The molecule has 1 aromatic heterocycles. The zero-order chi connectivity index (χ0) is 18.4. The first-order valence-corrected chi connectivity index (χ1v) is 9.23. The molecule has 1 N–H and O–H groups in total. The summed E-state index contributed by atoms with van der Waals surface area (Å²) in [6.45, 7) is 5.93. The average molecular weight is 358 g/mol. The lowest BCUT2D eigenvalue weighted by atomic mass is 10.2. The lowest BCUT2D eigenvalue weighted by Crippen LogP contribution is -2.39. The van der Waals surface area contributed by atoms with Crippen LogP contribution in [0.4, 0.5) is 4.79 Å². The van der Waals surface area contributed by atoms with Crippen LogP contribution in [0.15, 0.2) is 28.8 Å². The van der Waals surface area contributed by atoms with E-state index in [4.69, 9.17) is 9.26 Å². The molecule has 140 valence electrons. The summed E-state index contributed by atoms with van der Waals surface area (Å²) in [5.74, 6) is 1.96. The minimum Gasteiger partial charge on any atom is -0.493 e. The normalized spacial score (nSPS) is 16.7. The summed E-state index contributed by atoms with van der Waals surface area (Å²) in [6, 6.07) is 7.73. The number of ether oxygens (including phenoxy) is 1. The van der Waals surface area contributed by atoms with E-state index in [0.29, 0.717) is 37.8 Å². The topological polar surface area (TPSA) is 80.5 Å². The lowest BCUT2D eigenvalue weighted by molar-refractivity contribution is 0.180. The van der Waals surface area contributed by atoms with Crippen LogP contribution in [0.1, 0.15) is 49.5 Å². The molecule has 2 heterocycles. The van der Waals surface area contributed by atoms with Gasteiger partial charge in [0.15, 0.2) is 5.82 Å². The number of aromatic nitrogens is 2. The molecule has 3 rings (SSSR count). The number of hydrogen-bond donors (Lipinski definition) is 1. The number of carbonyl (C=O) groups excluding carboxylic acids is 1. The standard InChI is InChI=1S/C19H26N4O3/c1-3-10-20-19(24)23-11-5-8-16(23)18-21-17(22-26-18)9-12-25-15-7-4-6-14(2)13-15/h4,6-7,13,16H,3,5,8-12H2,1-2H3,(H,20,24). The monoisotopic (exact) mass is 358 g/mol. The van der Waals surface area contributed by atoms with Crippen LogP contribution < -0.4 is 10.1 Å². The highest BCUT2D eigenvalue weighted by atomic mass is 16.5. The SMILES string of the molecule is CCCNC(=O)N1CCCC1c1nc(CCOc2cccc(C)c2)no1. The number of urea groups is 1. The van der Waals surface area contributed by atoms with Crippen LogP contribution in [0.2, 0.25) is 0 Å². The van der Waals surface area contributed by atoms with E-state index in [1.807, 2.05) is 38.1 Å². The second-order valence-electron chi connectivity index (χ2n) is 6.55. The highest BCUT2D eigenvalue weighted by Crippen LogP contribution is 2.30. The van der Waals surface area contributed by atoms with Crippen LogP contribution in [0.3, 0.4) is 0 Å². The molecule has 7 nitrogen and oxygen atoms in total. The summed E-state index contributed by atoms with van der Waals surface area (Å²) < 4.78 is 11.1. The third-order valence-corrected chi connectivity index (χ3v) is 4.39. The summed E-state index contributed by atoms with van der Waals surface area (Å²) in [5, 5.41) is 6.96. The number of aryl methyl sites for hydroxylation is 1. The van der Waals surface area contributed by atoms with Gasteiger partial charge in [0.1, 0.15) is 11.8 Å². The van der Waals surface area contributed by atoms with Crippen LogP contribution in [0, 0.1) is 6.92 Å². The Labute approximate surface area is 153 Å². The van der Waals surface area contributed by atoms with Crippen molar-refractivity contribution in [3.63, 3.8) is 0 Å². The van der Waals surface area contributed by atoms with Gasteiger partial charge in [-0.3, -0.25) is 0 Å². The van der Waals surface area contributed by atoms with E-state index in [0.717, 1.165) is 30.6 Å². The van der Waals surface area contributed by atoms with Crippen molar-refractivity contribution in [1.82, 2.24) is 20.4 Å². The number of nitrogens with zero attached hydrogens (tertiary/aromatic N) is 3. The van der Waals surface area contributed by atoms with Crippen molar-refractivity contribution < 1.29 is 14.1 Å². The van der Waals surface area contributed by atoms with E-state index in [9.17, 15) is 4.79 Å². The fourth-order valence-electron chi connectivity index (χ4n) is 3.07. The van der Waals surface area contributed by atoms with Crippen LogP contribution >= 0.6 is 0 Å². The van der Waals surface area contributed by atoms with Crippen molar-refractivity contribution in [1.29, 1.82) is 0 Å². The van der Waals surface area contributed by atoms with E-state index in [1.165, 1.54) is 0 Å². The Hall–Kier alpha value is -2.57. The number of carbonyl (C=O) groups is 1. The van der Waals surface area contributed by atoms with Crippen LogP contribution in [0.5, 0.6) is 5.75 Å². The zero-order valence-electron chi connectivity index (χ0n) is 15.4. The third-order valence-electron chi connectivity index (χ3n) is 4.39. The molecule has 1 saturated heterocycles. The molecule has 0 spiro atoms. The number of hydrogen-bond acceptors (Lipinski definition) is 5. The van der Waals surface area contributed by atoms with Gasteiger partial charge in [-0.25, -0.2) is 4.79 Å². The fraction of sp³-hybridized carbons (Fsp3) is 0.526. The molecule has 1 unspecified atom stereocenters. The van der Waals surface area contributed by atoms with Crippen LogP contribution in [-0.2, 0) is 6.42 Å². The van der Waals surface area contributed by atoms with Gasteiger partial charge >= 0.3 is 6.03 Å². The van der Waals surface area contributed by atoms with Gasteiger partial charge < -0.3 is 19.5 Å². The molecule has 0 aliphatic carbocycles. The molecule has 0 radical (unpaired) electrons. The smallest absolute Gasteiger partial charge is 0.318 e. The second-order valence-corrected chi connectivity index (χ2v) is 6.55. The highest BCUT2D eigenvalue weighted by Gasteiger charge is 2.33. The Morgan fingerprint density at radius 1 is 1.46 bits per heavy atom. The molecule has 0 bridgehead atoms. The quantitative estimate of drug-likeness (QED) is 0.822. The summed E-state index contributed by atoms with van der Waals surface area (Å²) in [6.07, 6.45) is 3.27. The van der Waals surface area contributed by atoms with E-state index in [-0.39, 0.29) is 12.1 Å². The van der Waals surface area contributed by atoms with Crippen molar-refractivity contribution in [2.24, 2.45) is 0 Å². The third kappa shape index (κ3) is 4.53. The van der Waals surface area contributed by atoms with E-state index >= 15 is 0 Å². The number of nitrogens with one attached hydrogen (secondary N) is 1. The maximum Gasteiger partial charge on any atom is 0.318 e. The minimum absolute atomic E-state index is 0.0584. The van der Waals surface area contributed by atoms with Gasteiger partial charge in [0.05, 0.1) is 6.61 Å². The Kier molecular flexibility index (Phi) is 6.09. The van der Waals surface area contributed by atoms with Crippen molar-refractivity contribution >= 4 is 6.03 Å². The Morgan fingerprint density at radius 3 is 3.15 bits per heavy atom. The molecule has 1 aliphatic heterocycles. The Bertz CT molecular complexity index is 731. The Morgan fingerprint density at radius 2 is 2.35 bits per heavy atom. The molecule has 2 amide bonds. The van der Waals surface area contributed by atoms with Crippen LogP contribution in [-0.4, -0.2) is 40.8 Å². The lowest BCUT2D eigenvalue weighted by Gasteiger charge is -2.22. The molecule has 0 saturated carbocycles.